The van der Waals surface area contributed by atoms with Crippen molar-refractivity contribution >= 4 is 13.8 Å². The summed E-state index contributed by atoms with van der Waals surface area (Å²) in [6, 6.07) is 0. The summed E-state index contributed by atoms with van der Waals surface area (Å²) in [5.41, 5.74) is 5.30. The minimum absolute atomic E-state index is 0.0968. The molecule has 0 amide bonds. The number of nitrogens with two attached hydrogens (primary N) is 1. The third-order valence-corrected chi connectivity index (χ3v) is 7.36. The Hall–Kier alpha value is -1.02. The first kappa shape index (κ1) is 39.0. The molecule has 3 N–H and O–H groups in total. The molecule has 0 aliphatic rings. The van der Waals surface area contributed by atoms with E-state index in [1.807, 2.05) is 0 Å². The van der Waals surface area contributed by atoms with Crippen LogP contribution in [-0.2, 0) is 27.9 Å². The van der Waals surface area contributed by atoms with E-state index in [4.69, 9.17) is 24.3 Å². The van der Waals surface area contributed by atoms with Crippen molar-refractivity contribution in [3.63, 3.8) is 0 Å². The quantitative estimate of drug-likeness (QED) is 0.0373. The van der Waals surface area contributed by atoms with Crippen molar-refractivity contribution in [1.29, 1.82) is 0 Å². The maximum Gasteiger partial charge on any atom is 0.472 e. The van der Waals surface area contributed by atoms with Crippen LogP contribution in [0.4, 0.5) is 0 Å². The highest BCUT2D eigenvalue weighted by Crippen LogP contribution is 2.43. The Balaban J connectivity index is 3.88. The monoisotopic (exact) mass is 589 g/mol. The van der Waals surface area contributed by atoms with Crippen molar-refractivity contribution < 1.29 is 32.8 Å². The third kappa shape index (κ3) is 28.5. The molecule has 0 saturated carbocycles. The number of ether oxygens (including phenoxy) is 2. The van der Waals surface area contributed by atoms with E-state index >= 15 is 0 Å². The van der Waals surface area contributed by atoms with E-state index in [0.29, 0.717) is 13.0 Å². The molecule has 0 aromatic rings. The van der Waals surface area contributed by atoms with Gasteiger partial charge >= 0.3 is 13.8 Å². The molecule has 0 aliphatic heterocycles. The maximum atomic E-state index is 12.1. The second kappa shape index (κ2) is 29.5. The number of hydrogen-bond acceptors (Lipinski definition) is 7. The summed E-state index contributed by atoms with van der Waals surface area (Å²) in [6.07, 6.45) is 28.3. The Labute approximate surface area is 245 Å². The molecular weight excluding hydrogens is 529 g/mol. The summed E-state index contributed by atoms with van der Waals surface area (Å²) in [4.78, 5) is 21.8. The van der Waals surface area contributed by atoms with Gasteiger partial charge in [-0.25, -0.2) is 4.57 Å². The van der Waals surface area contributed by atoms with Crippen LogP contribution in [0.2, 0.25) is 0 Å². The first-order chi connectivity index (χ1) is 19.4. The van der Waals surface area contributed by atoms with Gasteiger partial charge in [-0.15, -0.1) is 0 Å². The van der Waals surface area contributed by atoms with Crippen molar-refractivity contribution in [3.8, 4) is 0 Å². The fourth-order valence-corrected chi connectivity index (χ4v) is 4.79. The van der Waals surface area contributed by atoms with Gasteiger partial charge in [0.15, 0.2) is 0 Å². The van der Waals surface area contributed by atoms with Crippen molar-refractivity contribution in [2.45, 2.75) is 136 Å². The molecule has 0 radical (unpaired) electrons. The van der Waals surface area contributed by atoms with Crippen LogP contribution in [0.1, 0.15) is 129 Å². The van der Waals surface area contributed by atoms with Gasteiger partial charge in [0.1, 0.15) is 6.10 Å². The topological polar surface area (TPSA) is 117 Å². The van der Waals surface area contributed by atoms with Crippen LogP contribution in [0.15, 0.2) is 24.3 Å². The summed E-state index contributed by atoms with van der Waals surface area (Å²) in [7, 11) is -4.25. The van der Waals surface area contributed by atoms with Crippen LogP contribution in [-0.4, -0.2) is 49.9 Å². The van der Waals surface area contributed by atoms with Gasteiger partial charge in [-0.3, -0.25) is 13.8 Å². The van der Waals surface area contributed by atoms with Gasteiger partial charge in [-0.2, -0.15) is 0 Å². The molecule has 0 saturated heterocycles. The lowest BCUT2D eigenvalue weighted by Crippen LogP contribution is -2.28. The molecule has 236 valence electrons. The molecule has 0 fully saturated rings. The minimum Gasteiger partial charge on any atom is -0.457 e. The number of esters is 1. The van der Waals surface area contributed by atoms with Crippen molar-refractivity contribution in [2.24, 2.45) is 5.73 Å². The summed E-state index contributed by atoms with van der Waals surface area (Å²) < 4.78 is 32.8. The Bertz CT molecular complexity index is 672. The highest BCUT2D eigenvalue weighted by atomic mass is 31.2. The van der Waals surface area contributed by atoms with Crippen LogP contribution in [0, 0.1) is 0 Å². The Morgan fingerprint density at radius 2 is 1.32 bits per heavy atom. The molecule has 0 rings (SSSR count). The highest BCUT2D eigenvalue weighted by Gasteiger charge is 2.25. The van der Waals surface area contributed by atoms with Crippen LogP contribution >= 0.6 is 7.82 Å². The highest BCUT2D eigenvalue weighted by molar-refractivity contribution is 7.47. The van der Waals surface area contributed by atoms with E-state index in [0.717, 1.165) is 38.5 Å². The summed E-state index contributed by atoms with van der Waals surface area (Å²) >= 11 is 0. The number of phosphoric ester groups is 1. The smallest absolute Gasteiger partial charge is 0.457 e. The summed E-state index contributed by atoms with van der Waals surface area (Å²) in [5.74, 6) is -0.359. The SMILES string of the molecule is CCCCC/C=C\C/C=C\CCCCCCCCCCOCC(COP(=O)(O)OCCN)OC(=O)CCCCC. The molecule has 0 bridgehead atoms. The van der Waals surface area contributed by atoms with E-state index in [9.17, 15) is 14.3 Å². The summed E-state index contributed by atoms with van der Waals surface area (Å²) in [5, 5.41) is 0. The molecule has 2 atom stereocenters. The van der Waals surface area contributed by atoms with E-state index in [1.165, 1.54) is 70.6 Å². The van der Waals surface area contributed by atoms with Gasteiger partial charge in [0.05, 0.1) is 19.8 Å². The molecule has 9 heteroatoms. The average molecular weight is 590 g/mol. The van der Waals surface area contributed by atoms with Crippen LogP contribution in [0.3, 0.4) is 0 Å². The molecule has 0 aromatic carbocycles. The van der Waals surface area contributed by atoms with Gasteiger partial charge in [-0.1, -0.05) is 102 Å². The van der Waals surface area contributed by atoms with E-state index in [2.05, 4.69) is 38.2 Å². The molecule has 0 aromatic heterocycles. The average Bonchev–Trinajstić information content (AvgIpc) is 2.93. The number of hydrogen-bond donors (Lipinski definition) is 2. The first-order valence-corrected chi connectivity index (χ1v) is 17.3. The van der Waals surface area contributed by atoms with Gasteiger partial charge in [0, 0.05) is 19.6 Å². The zero-order chi connectivity index (χ0) is 29.6. The van der Waals surface area contributed by atoms with Crippen molar-refractivity contribution in [1.82, 2.24) is 0 Å². The van der Waals surface area contributed by atoms with E-state index < -0.39 is 13.9 Å². The second-order valence-corrected chi connectivity index (χ2v) is 11.8. The Morgan fingerprint density at radius 3 is 1.95 bits per heavy atom. The molecule has 0 aliphatic carbocycles. The number of allylic oxidation sites excluding steroid dienone is 4. The molecular formula is C31H60NO7P. The fraction of sp³-hybridized carbons (Fsp3) is 0.839. The predicted octanol–water partition coefficient (Wildman–Crippen LogP) is 8.18. The summed E-state index contributed by atoms with van der Waals surface area (Å²) in [6.45, 7) is 4.69. The fourth-order valence-electron chi connectivity index (χ4n) is 4.02. The largest absolute Gasteiger partial charge is 0.472 e. The number of phosphoric acid groups is 1. The van der Waals surface area contributed by atoms with Gasteiger partial charge in [0.2, 0.25) is 0 Å². The first-order valence-electron chi connectivity index (χ1n) is 15.8. The second-order valence-electron chi connectivity index (χ2n) is 10.3. The number of carbonyl (C=O) groups is 1. The predicted molar refractivity (Wildman–Crippen MR) is 164 cm³/mol. The van der Waals surface area contributed by atoms with E-state index in [1.54, 1.807) is 0 Å². The standard InChI is InChI=1S/C31H60NO7P/c1-3-5-7-8-9-10-11-12-13-14-15-16-17-18-19-20-21-23-26-36-28-30(39-31(33)24-22-6-4-2)29-38-40(34,35)37-27-25-32/h9-10,12-13,30H,3-8,11,14-29,32H2,1-2H3,(H,34,35)/b10-9-,13-12-. The Kier molecular flexibility index (Phi) is 28.7. The lowest BCUT2D eigenvalue weighted by molar-refractivity contribution is -0.154. The van der Waals surface area contributed by atoms with E-state index in [-0.39, 0.29) is 32.3 Å². The van der Waals surface area contributed by atoms with Crippen molar-refractivity contribution in [2.75, 3.05) is 33.0 Å². The van der Waals surface area contributed by atoms with Crippen LogP contribution in [0.25, 0.3) is 0 Å². The van der Waals surface area contributed by atoms with Crippen LogP contribution < -0.4 is 5.73 Å². The zero-order valence-corrected chi connectivity index (χ0v) is 26.5. The molecule has 2 unspecified atom stereocenters. The normalized spacial score (nSPS) is 14.2. The van der Waals surface area contributed by atoms with Crippen molar-refractivity contribution in [3.05, 3.63) is 24.3 Å². The number of carbonyl (C=O) groups excluding carboxylic acids is 1. The maximum absolute atomic E-state index is 12.1. The third-order valence-electron chi connectivity index (χ3n) is 6.37. The number of rotatable bonds is 30. The molecule has 0 spiro atoms. The number of unbranched alkanes of at least 4 members (excludes halogenated alkanes) is 13. The van der Waals surface area contributed by atoms with Gasteiger partial charge < -0.3 is 20.1 Å². The lowest BCUT2D eigenvalue weighted by Gasteiger charge is -2.20. The molecule has 8 nitrogen and oxygen atoms in total. The van der Waals surface area contributed by atoms with Gasteiger partial charge in [0.25, 0.3) is 0 Å². The molecule has 0 heterocycles. The van der Waals surface area contributed by atoms with Crippen LogP contribution in [0.5, 0.6) is 0 Å². The Morgan fingerprint density at radius 1 is 0.750 bits per heavy atom. The van der Waals surface area contributed by atoms with Gasteiger partial charge in [-0.05, 0) is 44.9 Å². The molecule has 40 heavy (non-hydrogen) atoms. The zero-order valence-electron chi connectivity index (χ0n) is 25.6. The lowest BCUT2D eigenvalue weighted by atomic mass is 10.1. The minimum atomic E-state index is -4.25.